The summed E-state index contributed by atoms with van der Waals surface area (Å²) in [5.41, 5.74) is 3.41. The van der Waals surface area contributed by atoms with Crippen molar-refractivity contribution >= 4 is 11.6 Å². The van der Waals surface area contributed by atoms with E-state index in [0.29, 0.717) is 5.41 Å². The highest BCUT2D eigenvalue weighted by Crippen LogP contribution is 2.45. The molecule has 0 amide bonds. The maximum Gasteiger partial charge on any atom is 0.0440 e. The molecule has 1 fully saturated rings. The minimum atomic E-state index is 0.434. The summed E-state index contributed by atoms with van der Waals surface area (Å²) in [5, 5.41) is 4.45. The Morgan fingerprint density at radius 1 is 1.12 bits per heavy atom. The molecule has 0 radical (unpaired) electrons. The van der Waals surface area contributed by atoms with Crippen molar-refractivity contribution < 1.29 is 0 Å². The Hall–Kier alpha value is -0.530. The van der Waals surface area contributed by atoms with Gasteiger partial charge in [0.25, 0.3) is 0 Å². The summed E-state index contributed by atoms with van der Waals surface area (Å²) in [6, 6.07) is 6.47. The first-order chi connectivity index (χ1) is 7.82. The molecule has 1 nitrogen and oxygen atoms in total. The smallest absolute Gasteiger partial charge is 0.0440 e. The zero-order valence-electron chi connectivity index (χ0n) is 9.56. The second-order valence-corrected chi connectivity index (χ2v) is 5.56. The summed E-state index contributed by atoms with van der Waals surface area (Å²) in [5.74, 6) is 0. The van der Waals surface area contributed by atoms with E-state index >= 15 is 0 Å². The van der Waals surface area contributed by atoms with Crippen molar-refractivity contribution in [1.29, 1.82) is 0 Å². The van der Waals surface area contributed by atoms with E-state index < -0.39 is 0 Å². The predicted molar refractivity (Wildman–Crippen MR) is 68.2 cm³/mol. The lowest BCUT2D eigenvalue weighted by atomic mass is 9.65. The van der Waals surface area contributed by atoms with E-state index in [9.17, 15) is 0 Å². The Balaban J connectivity index is 2.08. The largest absolute Gasteiger partial charge is 0.317 e. The summed E-state index contributed by atoms with van der Waals surface area (Å²) >= 11 is 6.33. The molecule has 0 atom stereocenters. The average molecular weight is 236 g/mol. The highest BCUT2D eigenvalue weighted by Gasteiger charge is 2.37. The van der Waals surface area contributed by atoms with Crippen molar-refractivity contribution in [2.45, 2.75) is 37.5 Å². The summed E-state index contributed by atoms with van der Waals surface area (Å²) in [6.45, 7) is 2.32. The quantitative estimate of drug-likeness (QED) is 0.728. The van der Waals surface area contributed by atoms with Gasteiger partial charge in [0.05, 0.1) is 0 Å². The van der Waals surface area contributed by atoms with Crippen LogP contribution in [0.5, 0.6) is 0 Å². The van der Waals surface area contributed by atoms with E-state index in [4.69, 9.17) is 11.6 Å². The van der Waals surface area contributed by atoms with Crippen LogP contribution in [0.15, 0.2) is 18.2 Å². The van der Waals surface area contributed by atoms with Crippen LogP contribution >= 0.6 is 11.6 Å². The lowest BCUT2D eigenvalue weighted by molar-refractivity contribution is 0.268. The van der Waals surface area contributed by atoms with Gasteiger partial charge < -0.3 is 5.32 Å². The van der Waals surface area contributed by atoms with Crippen LogP contribution in [0.4, 0.5) is 0 Å². The minimum absolute atomic E-state index is 0.434. The van der Waals surface area contributed by atoms with Crippen LogP contribution in [-0.4, -0.2) is 13.1 Å². The number of hydrogen-bond acceptors (Lipinski definition) is 1. The first-order valence-electron chi connectivity index (χ1n) is 6.30. The van der Waals surface area contributed by atoms with Crippen LogP contribution in [0, 0.1) is 0 Å². The highest BCUT2D eigenvalue weighted by molar-refractivity contribution is 6.31. The average Bonchev–Trinajstić information content (AvgIpc) is 2.32. The number of benzene rings is 1. The fourth-order valence-corrected chi connectivity index (χ4v) is 3.74. The molecule has 1 aromatic rings. The van der Waals surface area contributed by atoms with Crippen LogP contribution < -0.4 is 5.32 Å². The maximum absolute atomic E-state index is 6.33. The topological polar surface area (TPSA) is 12.0 Å². The predicted octanol–water partition coefficient (Wildman–Crippen LogP) is 3.30. The molecule has 1 N–H and O–H groups in total. The Morgan fingerprint density at radius 2 is 1.94 bits per heavy atom. The second-order valence-electron chi connectivity index (χ2n) is 5.15. The molecule has 2 aliphatic rings. The number of piperidine rings is 1. The van der Waals surface area contributed by atoms with Crippen molar-refractivity contribution in [3.05, 3.63) is 34.3 Å². The van der Waals surface area contributed by atoms with Gasteiger partial charge in [-0.05, 0) is 67.8 Å². The molecule has 1 aliphatic heterocycles. The number of rotatable bonds is 0. The fraction of sp³-hybridized carbons (Fsp3) is 0.571. The summed E-state index contributed by atoms with van der Waals surface area (Å²) in [6.07, 6.45) is 6.38. The molecule has 0 aromatic heterocycles. The van der Waals surface area contributed by atoms with Gasteiger partial charge in [0.15, 0.2) is 0 Å². The van der Waals surface area contributed by atoms with E-state index in [-0.39, 0.29) is 0 Å². The van der Waals surface area contributed by atoms with Gasteiger partial charge in [0.2, 0.25) is 0 Å². The number of halogens is 1. The van der Waals surface area contributed by atoms with E-state index in [1.54, 1.807) is 5.56 Å². The lowest BCUT2D eigenvalue weighted by Crippen LogP contribution is -2.42. The van der Waals surface area contributed by atoms with Gasteiger partial charge in [0, 0.05) is 5.02 Å². The third-order valence-corrected chi connectivity index (χ3v) is 4.69. The molecular formula is C14H18ClN. The normalized spacial score (nSPS) is 23.1. The molecule has 0 unspecified atom stereocenters. The zero-order chi connectivity index (χ0) is 11.0. The van der Waals surface area contributed by atoms with Crippen LogP contribution in [0.2, 0.25) is 5.02 Å². The van der Waals surface area contributed by atoms with Gasteiger partial charge in [-0.2, -0.15) is 0 Å². The molecular weight excluding hydrogens is 218 g/mol. The van der Waals surface area contributed by atoms with Gasteiger partial charge >= 0.3 is 0 Å². The molecule has 2 heteroatoms. The summed E-state index contributed by atoms with van der Waals surface area (Å²) in [7, 11) is 0. The molecule has 0 bridgehead atoms. The Labute approximate surface area is 102 Å². The third kappa shape index (κ3) is 1.57. The molecule has 0 saturated carbocycles. The van der Waals surface area contributed by atoms with Crippen molar-refractivity contribution in [3.63, 3.8) is 0 Å². The Morgan fingerprint density at radius 3 is 2.75 bits per heavy atom. The maximum atomic E-state index is 6.33. The first-order valence-corrected chi connectivity index (χ1v) is 6.68. The monoisotopic (exact) mass is 235 g/mol. The minimum Gasteiger partial charge on any atom is -0.317 e. The molecule has 1 saturated heterocycles. The Kier molecular flexibility index (Phi) is 2.68. The number of fused-ring (bicyclic) bond motifs is 2. The third-order valence-electron chi connectivity index (χ3n) is 4.33. The van der Waals surface area contributed by atoms with E-state index in [0.717, 1.165) is 18.1 Å². The molecule has 1 spiro atoms. The first kappa shape index (κ1) is 10.6. The molecule has 1 heterocycles. The summed E-state index contributed by atoms with van der Waals surface area (Å²) in [4.78, 5) is 0. The van der Waals surface area contributed by atoms with Crippen LogP contribution in [0.3, 0.4) is 0 Å². The number of hydrogen-bond donors (Lipinski definition) is 1. The zero-order valence-corrected chi connectivity index (χ0v) is 10.3. The molecule has 3 rings (SSSR count). The van der Waals surface area contributed by atoms with Gasteiger partial charge in [-0.25, -0.2) is 0 Å². The van der Waals surface area contributed by atoms with Gasteiger partial charge in [0.1, 0.15) is 0 Å². The van der Waals surface area contributed by atoms with Crippen LogP contribution in [0.25, 0.3) is 0 Å². The van der Waals surface area contributed by atoms with Crippen LogP contribution in [-0.2, 0) is 11.8 Å². The van der Waals surface area contributed by atoms with Crippen molar-refractivity contribution in [3.8, 4) is 0 Å². The van der Waals surface area contributed by atoms with Crippen molar-refractivity contribution in [2.75, 3.05) is 13.1 Å². The molecule has 16 heavy (non-hydrogen) atoms. The highest BCUT2D eigenvalue weighted by atomic mass is 35.5. The van der Waals surface area contributed by atoms with E-state index in [2.05, 4.69) is 17.4 Å². The summed E-state index contributed by atoms with van der Waals surface area (Å²) < 4.78 is 0. The lowest BCUT2D eigenvalue weighted by Gasteiger charge is -2.42. The van der Waals surface area contributed by atoms with Gasteiger partial charge in [-0.1, -0.05) is 23.7 Å². The molecule has 86 valence electrons. The van der Waals surface area contributed by atoms with Gasteiger partial charge in [-0.15, -0.1) is 0 Å². The van der Waals surface area contributed by atoms with E-state index in [1.165, 1.54) is 37.7 Å². The van der Waals surface area contributed by atoms with Crippen LogP contribution in [0.1, 0.15) is 36.8 Å². The molecule has 1 aliphatic carbocycles. The standard InChI is InChI=1S/C14H18ClN/c15-13-5-1-4-12-11(13)3-2-6-14(12)7-9-16-10-8-14/h1,4-5,16H,2-3,6-10H2. The SMILES string of the molecule is Clc1cccc2c1CCCC21CCNCC1. The second kappa shape index (κ2) is 4.05. The fourth-order valence-electron chi connectivity index (χ4n) is 3.47. The van der Waals surface area contributed by atoms with Crippen molar-refractivity contribution in [1.82, 2.24) is 5.32 Å². The molecule has 1 aromatic carbocycles. The van der Waals surface area contributed by atoms with E-state index in [1.807, 2.05) is 6.07 Å². The Bertz CT molecular complexity index is 394. The van der Waals surface area contributed by atoms with Gasteiger partial charge in [-0.3, -0.25) is 0 Å². The van der Waals surface area contributed by atoms with Crippen molar-refractivity contribution in [2.24, 2.45) is 0 Å². The number of nitrogens with one attached hydrogen (secondary N) is 1.